The van der Waals surface area contributed by atoms with Gasteiger partial charge in [0.1, 0.15) is 11.7 Å². The highest BCUT2D eigenvalue weighted by molar-refractivity contribution is 5.95. The van der Waals surface area contributed by atoms with E-state index in [4.69, 9.17) is 4.74 Å². The van der Waals surface area contributed by atoms with Gasteiger partial charge in [-0.05, 0) is 25.5 Å². The summed E-state index contributed by atoms with van der Waals surface area (Å²) in [6.07, 6.45) is 1.84. The second-order valence-corrected chi connectivity index (χ2v) is 4.08. The first-order chi connectivity index (χ1) is 8.52. The summed E-state index contributed by atoms with van der Waals surface area (Å²) >= 11 is 0. The molecule has 0 N–H and O–H groups in total. The van der Waals surface area contributed by atoms with E-state index in [1.54, 1.807) is 25.3 Å². The lowest BCUT2D eigenvalue weighted by Gasteiger charge is -2.13. The first-order valence-corrected chi connectivity index (χ1v) is 5.44. The summed E-state index contributed by atoms with van der Waals surface area (Å²) in [5.74, 6) is -0.588. The van der Waals surface area contributed by atoms with E-state index in [2.05, 4.69) is 4.98 Å². The molecule has 0 aliphatic carbocycles. The van der Waals surface area contributed by atoms with E-state index in [9.17, 15) is 14.9 Å². The number of nitrogens with zero attached hydrogens (tertiary/aromatic N) is 2. The van der Waals surface area contributed by atoms with Crippen LogP contribution in [-0.4, -0.2) is 21.9 Å². The zero-order chi connectivity index (χ0) is 13.3. The Labute approximate surface area is 103 Å². The number of carbonyl (C=O) groups excluding carboxylic acids is 1. The minimum atomic E-state index is -1.26. The van der Waals surface area contributed by atoms with Gasteiger partial charge in [-0.1, -0.05) is 6.07 Å². The molecule has 0 fully saturated rings. The molecule has 2 unspecified atom stereocenters. The SMILES string of the molecule is CC(=O)C1=C(C)OC([N+](=O)[O-])C1c1cccnc1. The van der Waals surface area contributed by atoms with Gasteiger partial charge >= 0.3 is 6.23 Å². The Morgan fingerprint density at radius 1 is 1.56 bits per heavy atom. The van der Waals surface area contributed by atoms with Crippen molar-refractivity contribution in [2.45, 2.75) is 26.0 Å². The maximum absolute atomic E-state index is 11.6. The molecule has 2 heterocycles. The van der Waals surface area contributed by atoms with Crippen LogP contribution in [-0.2, 0) is 9.53 Å². The number of carbonyl (C=O) groups is 1. The van der Waals surface area contributed by atoms with Crippen LogP contribution in [0.15, 0.2) is 35.9 Å². The maximum atomic E-state index is 11.6. The van der Waals surface area contributed by atoms with Crippen molar-refractivity contribution in [3.05, 3.63) is 51.5 Å². The summed E-state index contributed by atoms with van der Waals surface area (Å²) in [7, 11) is 0. The third-order valence-corrected chi connectivity index (χ3v) is 2.90. The summed E-state index contributed by atoms with van der Waals surface area (Å²) in [6.45, 7) is 2.96. The van der Waals surface area contributed by atoms with Crippen LogP contribution in [0.25, 0.3) is 0 Å². The van der Waals surface area contributed by atoms with Crippen LogP contribution in [0.4, 0.5) is 0 Å². The molecule has 0 amide bonds. The first-order valence-electron chi connectivity index (χ1n) is 5.44. The Kier molecular flexibility index (Phi) is 3.10. The van der Waals surface area contributed by atoms with Gasteiger partial charge in [0.2, 0.25) is 0 Å². The molecular weight excluding hydrogens is 236 g/mol. The lowest BCUT2D eigenvalue weighted by atomic mass is 9.89. The first kappa shape index (κ1) is 12.2. The van der Waals surface area contributed by atoms with E-state index < -0.39 is 17.1 Å². The third kappa shape index (κ3) is 1.97. The van der Waals surface area contributed by atoms with Gasteiger partial charge in [0.15, 0.2) is 5.78 Å². The van der Waals surface area contributed by atoms with Crippen molar-refractivity contribution in [3.63, 3.8) is 0 Å². The van der Waals surface area contributed by atoms with Crippen LogP contribution < -0.4 is 0 Å². The Balaban J connectivity index is 2.50. The molecule has 0 spiro atoms. The Morgan fingerprint density at radius 2 is 2.28 bits per heavy atom. The highest BCUT2D eigenvalue weighted by Gasteiger charge is 2.46. The zero-order valence-corrected chi connectivity index (χ0v) is 9.99. The number of aromatic nitrogens is 1. The summed E-state index contributed by atoms with van der Waals surface area (Å²) in [5, 5.41) is 11.0. The summed E-state index contributed by atoms with van der Waals surface area (Å²) in [4.78, 5) is 26.1. The van der Waals surface area contributed by atoms with Gasteiger partial charge in [-0.15, -0.1) is 0 Å². The van der Waals surface area contributed by atoms with Gasteiger partial charge < -0.3 is 4.74 Å². The highest BCUT2D eigenvalue weighted by atomic mass is 16.7. The third-order valence-electron chi connectivity index (χ3n) is 2.90. The zero-order valence-electron chi connectivity index (χ0n) is 9.99. The van der Waals surface area contributed by atoms with Crippen molar-refractivity contribution in [1.29, 1.82) is 0 Å². The van der Waals surface area contributed by atoms with E-state index in [1.165, 1.54) is 13.1 Å². The fraction of sp³-hybridized carbons (Fsp3) is 0.333. The Hall–Kier alpha value is -2.24. The predicted molar refractivity (Wildman–Crippen MR) is 62.2 cm³/mol. The van der Waals surface area contributed by atoms with Crippen LogP contribution in [0.3, 0.4) is 0 Å². The van der Waals surface area contributed by atoms with Gasteiger partial charge in [-0.2, -0.15) is 0 Å². The average molecular weight is 248 g/mol. The van der Waals surface area contributed by atoms with Crippen molar-refractivity contribution in [2.24, 2.45) is 0 Å². The van der Waals surface area contributed by atoms with E-state index in [0.29, 0.717) is 16.9 Å². The number of allylic oxidation sites excluding steroid dienone is 1. The maximum Gasteiger partial charge on any atom is 0.364 e. The summed E-state index contributed by atoms with van der Waals surface area (Å²) < 4.78 is 5.20. The molecule has 6 heteroatoms. The molecule has 0 saturated carbocycles. The molecule has 0 aromatic carbocycles. The molecule has 0 saturated heterocycles. The second kappa shape index (κ2) is 4.56. The largest absolute Gasteiger partial charge is 0.434 e. The fourth-order valence-electron chi connectivity index (χ4n) is 2.20. The molecule has 0 bridgehead atoms. The van der Waals surface area contributed by atoms with E-state index in [0.717, 1.165) is 0 Å². The van der Waals surface area contributed by atoms with Crippen LogP contribution in [0.2, 0.25) is 0 Å². The van der Waals surface area contributed by atoms with Crippen molar-refractivity contribution >= 4 is 5.78 Å². The number of rotatable bonds is 3. The summed E-state index contributed by atoms with van der Waals surface area (Å²) in [6, 6.07) is 3.39. The number of pyridine rings is 1. The molecule has 94 valence electrons. The monoisotopic (exact) mass is 248 g/mol. The standard InChI is InChI=1S/C12H12N2O4/c1-7(15)10-8(2)18-12(14(16)17)11(10)9-4-3-5-13-6-9/h3-6,11-12H,1-2H3. The molecule has 0 radical (unpaired) electrons. The van der Waals surface area contributed by atoms with Gasteiger partial charge in [0, 0.05) is 12.4 Å². The van der Waals surface area contributed by atoms with E-state index in [1.807, 2.05) is 0 Å². The van der Waals surface area contributed by atoms with Crippen LogP contribution >= 0.6 is 0 Å². The highest BCUT2D eigenvalue weighted by Crippen LogP contribution is 2.39. The number of Topliss-reactive ketones (excluding diaryl/α,β-unsaturated/α-hetero) is 1. The molecule has 6 nitrogen and oxygen atoms in total. The van der Waals surface area contributed by atoms with Gasteiger partial charge in [-0.25, -0.2) is 0 Å². The lowest BCUT2D eigenvalue weighted by molar-refractivity contribution is -0.570. The molecule has 2 atom stereocenters. The van der Waals surface area contributed by atoms with Crippen molar-refractivity contribution in [2.75, 3.05) is 0 Å². The number of ketones is 1. The quantitative estimate of drug-likeness (QED) is 0.600. The van der Waals surface area contributed by atoms with Gasteiger partial charge in [0.25, 0.3) is 0 Å². The fourth-order valence-corrected chi connectivity index (χ4v) is 2.20. The molecular formula is C12H12N2O4. The van der Waals surface area contributed by atoms with E-state index in [-0.39, 0.29) is 5.78 Å². The molecule has 1 aliphatic heterocycles. The number of hydrogen-bond acceptors (Lipinski definition) is 5. The van der Waals surface area contributed by atoms with Crippen LogP contribution in [0.5, 0.6) is 0 Å². The van der Waals surface area contributed by atoms with Crippen LogP contribution in [0.1, 0.15) is 25.3 Å². The van der Waals surface area contributed by atoms with Crippen molar-refractivity contribution in [1.82, 2.24) is 4.98 Å². The minimum absolute atomic E-state index is 0.217. The number of nitro groups is 1. The predicted octanol–water partition coefficient (Wildman–Crippen LogP) is 1.66. The normalized spacial score (nSPS) is 22.8. The average Bonchev–Trinajstić information content (AvgIpc) is 2.68. The molecule has 18 heavy (non-hydrogen) atoms. The van der Waals surface area contributed by atoms with E-state index >= 15 is 0 Å². The lowest BCUT2D eigenvalue weighted by Crippen LogP contribution is -2.27. The minimum Gasteiger partial charge on any atom is -0.434 e. The Bertz CT molecular complexity index is 524. The molecule has 1 aromatic heterocycles. The molecule has 1 aliphatic rings. The van der Waals surface area contributed by atoms with Crippen molar-refractivity contribution in [3.8, 4) is 0 Å². The van der Waals surface area contributed by atoms with Crippen LogP contribution in [0, 0.1) is 10.1 Å². The van der Waals surface area contributed by atoms with Gasteiger partial charge in [0.05, 0.1) is 10.5 Å². The summed E-state index contributed by atoms with van der Waals surface area (Å²) in [5.41, 5.74) is 0.964. The number of ether oxygens (including phenoxy) is 1. The van der Waals surface area contributed by atoms with Crippen molar-refractivity contribution < 1.29 is 14.5 Å². The smallest absolute Gasteiger partial charge is 0.364 e. The second-order valence-electron chi connectivity index (χ2n) is 4.08. The van der Waals surface area contributed by atoms with Gasteiger partial charge in [-0.3, -0.25) is 19.9 Å². The Morgan fingerprint density at radius 3 is 2.78 bits per heavy atom. The topological polar surface area (TPSA) is 82.3 Å². The molecule has 2 rings (SSSR count). The number of hydrogen-bond donors (Lipinski definition) is 0. The molecule has 1 aromatic rings.